The molecule has 118 valence electrons. The van der Waals surface area contributed by atoms with Crippen LogP contribution in [-0.4, -0.2) is 22.8 Å². The molecule has 3 rings (SSSR count). The molecule has 0 bridgehead atoms. The lowest BCUT2D eigenvalue weighted by Crippen LogP contribution is -2.29. The average Bonchev–Trinajstić information content (AvgIpc) is 3.10. The number of nitrogens with zero attached hydrogens (tertiary/aromatic N) is 3. The van der Waals surface area contributed by atoms with Gasteiger partial charge in [0.2, 0.25) is 0 Å². The molecule has 0 saturated heterocycles. The molecule has 0 unspecified atom stereocenters. The van der Waals surface area contributed by atoms with E-state index in [9.17, 15) is 4.79 Å². The van der Waals surface area contributed by atoms with Gasteiger partial charge in [-0.15, -0.1) is 11.3 Å². The Hall–Kier alpha value is -2.47. The minimum absolute atomic E-state index is 0.134. The first-order chi connectivity index (χ1) is 11.0. The van der Waals surface area contributed by atoms with Crippen LogP contribution >= 0.6 is 11.3 Å². The van der Waals surface area contributed by atoms with Crippen LogP contribution in [0.15, 0.2) is 46.5 Å². The molecule has 0 spiro atoms. The second kappa shape index (κ2) is 6.34. The Kier molecular flexibility index (Phi) is 4.25. The molecular formula is C17H17N3O2S. The summed E-state index contributed by atoms with van der Waals surface area (Å²) in [6, 6.07) is 7.60. The van der Waals surface area contributed by atoms with Crippen molar-refractivity contribution in [2.45, 2.75) is 26.9 Å². The lowest BCUT2D eigenvalue weighted by atomic mass is 10.2. The van der Waals surface area contributed by atoms with Crippen LogP contribution in [0.1, 0.15) is 26.3 Å². The first kappa shape index (κ1) is 15.4. The molecule has 0 saturated carbocycles. The summed E-state index contributed by atoms with van der Waals surface area (Å²) in [6.07, 6.45) is 3.59. The average molecular weight is 327 g/mol. The molecule has 23 heavy (non-hydrogen) atoms. The van der Waals surface area contributed by atoms with Crippen LogP contribution in [-0.2, 0) is 4.79 Å². The van der Waals surface area contributed by atoms with Gasteiger partial charge in [0.25, 0.3) is 5.91 Å². The van der Waals surface area contributed by atoms with Crippen molar-refractivity contribution in [2.75, 3.05) is 4.90 Å². The van der Waals surface area contributed by atoms with Crippen molar-refractivity contribution in [1.29, 1.82) is 0 Å². The summed E-state index contributed by atoms with van der Waals surface area (Å²) in [5, 5.41) is 2.48. The Morgan fingerprint density at radius 2 is 2.00 bits per heavy atom. The van der Waals surface area contributed by atoms with Crippen LogP contribution in [0, 0.1) is 0 Å². The van der Waals surface area contributed by atoms with Gasteiger partial charge in [0.1, 0.15) is 17.3 Å². The number of carbonyl (C=O) groups is 1. The van der Waals surface area contributed by atoms with Gasteiger partial charge < -0.3 is 4.74 Å². The largest absolute Gasteiger partial charge is 0.491 e. The van der Waals surface area contributed by atoms with Gasteiger partial charge in [0.05, 0.1) is 6.10 Å². The van der Waals surface area contributed by atoms with Crippen LogP contribution in [0.5, 0.6) is 5.75 Å². The number of carbonyl (C=O) groups excluding carboxylic acids is 1. The fraction of sp³-hybridized carbons (Fsp3) is 0.235. The highest BCUT2D eigenvalue weighted by Gasteiger charge is 2.30. The first-order valence-corrected chi connectivity index (χ1v) is 8.20. The lowest BCUT2D eigenvalue weighted by molar-refractivity contribution is -0.113. The third-order valence-corrected chi connectivity index (χ3v) is 3.95. The number of anilines is 1. The Morgan fingerprint density at radius 1 is 1.26 bits per heavy atom. The number of aromatic nitrogens is 1. The summed E-state index contributed by atoms with van der Waals surface area (Å²) >= 11 is 1.41. The number of thiazole rings is 1. The molecule has 1 aliphatic heterocycles. The van der Waals surface area contributed by atoms with Gasteiger partial charge in [-0.1, -0.05) is 12.1 Å². The molecule has 1 aliphatic rings. The maximum atomic E-state index is 12.5. The molecule has 0 fully saturated rings. The summed E-state index contributed by atoms with van der Waals surface area (Å²) < 4.78 is 5.61. The number of hydrogen-bond donors (Lipinski definition) is 0. The third kappa shape index (κ3) is 3.32. The van der Waals surface area contributed by atoms with Gasteiger partial charge in [-0.05, 0) is 44.5 Å². The molecule has 0 atom stereocenters. The van der Waals surface area contributed by atoms with E-state index in [0.717, 1.165) is 11.3 Å². The predicted molar refractivity (Wildman–Crippen MR) is 92.9 cm³/mol. The summed E-state index contributed by atoms with van der Waals surface area (Å²) in [5.74, 6) is 1.29. The standard InChI is InChI=1S/C17H17N3O2S/c1-11(2)22-14-6-4-13(5-7-14)10-15-16(21)20(12(3)19-15)17-18-8-9-23-17/h4-11H,1-3H3/b15-10+. The first-order valence-electron chi connectivity index (χ1n) is 7.32. The van der Waals surface area contributed by atoms with Crippen molar-refractivity contribution in [2.24, 2.45) is 4.99 Å². The zero-order chi connectivity index (χ0) is 16.4. The smallest absolute Gasteiger partial charge is 0.284 e. The number of rotatable bonds is 4. The minimum atomic E-state index is -0.153. The van der Waals surface area contributed by atoms with E-state index in [2.05, 4.69) is 9.98 Å². The number of benzene rings is 1. The highest BCUT2D eigenvalue weighted by molar-refractivity contribution is 7.14. The van der Waals surface area contributed by atoms with Gasteiger partial charge in [-0.2, -0.15) is 0 Å². The molecule has 2 heterocycles. The molecule has 0 radical (unpaired) electrons. The highest BCUT2D eigenvalue weighted by atomic mass is 32.1. The van der Waals surface area contributed by atoms with Crippen LogP contribution < -0.4 is 9.64 Å². The predicted octanol–water partition coefficient (Wildman–Crippen LogP) is 3.74. The molecule has 1 aromatic carbocycles. The van der Waals surface area contributed by atoms with Crippen LogP contribution in [0.25, 0.3) is 6.08 Å². The SMILES string of the molecule is CC1=N/C(=C/c2ccc(OC(C)C)cc2)C(=O)N1c1nccs1. The van der Waals surface area contributed by atoms with E-state index < -0.39 is 0 Å². The molecule has 0 aliphatic carbocycles. The summed E-state index contributed by atoms with van der Waals surface area (Å²) in [6.45, 7) is 5.77. The molecule has 2 aromatic rings. The molecule has 0 N–H and O–H groups in total. The Labute approximate surface area is 139 Å². The zero-order valence-corrected chi connectivity index (χ0v) is 14.0. The molecule has 1 amide bonds. The molecule has 6 heteroatoms. The van der Waals surface area contributed by atoms with Gasteiger partial charge in [-0.25, -0.2) is 14.9 Å². The fourth-order valence-corrected chi connectivity index (χ4v) is 2.94. The zero-order valence-electron chi connectivity index (χ0n) is 13.2. The van der Waals surface area contributed by atoms with E-state index in [4.69, 9.17) is 4.74 Å². The Bertz CT molecular complexity index is 762. The van der Waals surface area contributed by atoms with Crippen LogP contribution in [0.4, 0.5) is 5.13 Å². The number of aliphatic imine (C=N–C) groups is 1. The molecule has 1 aromatic heterocycles. The van der Waals surface area contributed by atoms with Crippen LogP contribution in [0.3, 0.4) is 0 Å². The van der Waals surface area contributed by atoms with Gasteiger partial charge >= 0.3 is 0 Å². The van der Waals surface area contributed by atoms with Gasteiger partial charge in [-0.3, -0.25) is 4.79 Å². The summed E-state index contributed by atoms with van der Waals surface area (Å²) in [4.78, 5) is 22.6. The van der Waals surface area contributed by atoms with Gasteiger partial charge in [0.15, 0.2) is 5.13 Å². The van der Waals surface area contributed by atoms with E-state index in [1.54, 1.807) is 19.2 Å². The lowest BCUT2D eigenvalue weighted by Gasteiger charge is -2.11. The normalized spacial score (nSPS) is 16.3. The monoisotopic (exact) mass is 327 g/mol. The molecule has 5 nitrogen and oxygen atoms in total. The molecular weight excluding hydrogens is 310 g/mol. The topological polar surface area (TPSA) is 54.8 Å². The van der Waals surface area contributed by atoms with E-state index >= 15 is 0 Å². The van der Waals surface area contributed by atoms with Crippen molar-refractivity contribution in [3.63, 3.8) is 0 Å². The Morgan fingerprint density at radius 3 is 2.61 bits per heavy atom. The van der Waals surface area contributed by atoms with Crippen molar-refractivity contribution in [1.82, 2.24) is 4.98 Å². The maximum absolute atomic E-state index is 12.5. The van der Waals surface area contributed by atoms with Crippen molar-refractivity contribution in [3.8, 4) is 5.75 Å². The van der Waals surface area contributed by atoms with E-state index in [1.165, 1.54) is 16.2 Å². The van der Waals surface area contributed by atoms with Crippen LogP contribution in [0.2, 0.25) is 0 Å². The second-order valence-corrected chi connectivity index (χ2v) is 6.25. The van der Waals surface area contributed by atoms with E-state index in [1.807, 2.05) is 43.5 Å². The number of amidine groups is 1. The minimum Gasteiger partial charge on any atom is -0.491 e. The van der Waals surface area contributed by atoms with Crippen molar-refractivity contribution in [3.05, 3.63) is 47.1 Å². The summed E-state index contributed by atoms with van der Waals surface area (Å²) in [7, 11) is 0. The van der Waals surface area contributed by atoms with Gasteiger partial charge in [0, 0.05) is 11.6 Å². The van der Waals surface area contributed by atoms with E-state index in [0.29, 0.717) is 16.7 Å². The fourth-order valence-electron chi connectivity index (χ4n) is 2.25. The number of ether oxygens (including phenoxy) is 1. The quantitative estimate of drug-likeness (QED) is 0.804. The summed E-state index contributed by atoms with van der Waals surface area (Å²) in [5.41, 5.74) is 1.32. The highest BCUT2D eigenvalue weighted by Crippen LogP contribution is 2.26. The van der Waals surface area contributed by atoms with Crippen molar-refractivity contribution < 1.29 is 9.53 Å². The Balaban J connectivity index is 1.82. The number of hydrogen-bond acceptors (Lipinski definition) is 5. The second-order valence-electron chi connectivity index (χ2n) is 5.38. The third-order valence-electron chi connectivity index (χ3n) is 3.19. The maximum Gasteiger partial charge on any atom is 0.284 e. The van der Waals surface area contributed by atoms with Crippen molar-refractivity contribution >= 4 is 34.3 Å². The van der Waals surface area contributed by atoms with E-state index in [-0.39, 0.29) is 12.0 Å². The number of amides is 1.